The average Bonchev–Trinajstić information content (AvgIpc) is 2.16. The van der Waals surface area contributed by atoms with Gasteiger partial charge < -0.3 is 10.5 Å². The summed E-state index contributed by atoms with van der Waals surface area (Å²) in [6.07, 6.45) is 0. The third-order valence-electron chi connectivity index (χ3n) is 1.68. The molecule has 3 nitrogen and oxygen atoms in total. The van der Waals surface area contributed by atoms with Crippen LogP contribution in [0.15, 0.2) is 18.2 Å². The summed E-state index contributed by atoms with van der Waals surface area (Å²) in [5, 5.41) is 0. The number of hydrogen-bond acceptors (Lipinski definition) is 3. The number of benzene rings is 1. The molecule has 4 heteroatoms. The first kappa shape index (κ1) is 9.86. The standard InChI is InChI=1S/C9H10ClNO2/c1-13-6-2-3-7(8(11)4-6)9(12)5-10/h2-4H,5,11H2,1H3. The first-order chi connectivity index (χ1) is 6.19. The third kappa shape index (κ3) is 2.12. The van der Waals surface area contributed by atoms with Gasteiger partial charge in [-0.3, -0.25) is 4.79 Å². The van der Waals surface area contributed by atoms with Crippen molar-refractivity contribution in [1.82, 2.24) is 0 Å². The van der Waals surface area contributed by atoms with Gasteiger partial charge in [-0.05, 0) is 12.1 Å². The van der Waals surface area contributed by atoms with E-state index in [-0.39, 0.29) is 11.7 Å². The van der Waals surface area contributed by atoms with Crippen molar-refractivity contribution in [2.75, 3.05) is 18.7 Å². The van der Waals surface area contributed by atoms with Crippen LogP contribution in [-0.2, 0) is 0 Å². The van der Waals surface area contributed by atoms with Crippen molar-refractivity contribution < 1.29 is 9.53 Å². The fourth-order valence-electron chi connectivity index (χ4n) is 0.994. The molecule has 0 atom stereocenters. The third-order valence-corrected chi connectivity index (χ3v) is 1.92. The number of Topliss-reactive ketones (excluding diaryl/α,β-unsaturated/α-hetero) is 1. The molecule has 0 bridgehead atoms. The van der Waals surface area contributed by atoms with Crippen molar-refractivity contribution in [3.05, 3.63) is 23.8 Å². The van der Waals surface area contributed by atoms with Gasteiger partial charge in [0.2, 0.25) is 0 Å². The monoisotopic (exact) mass is 199 g/mol. The molecule has 0 spiro atoms. The fraction of sp³-hybridized carbons (Fsp3) is 0.222. The number of anilines is 1. The molecule has 0 aliphatic heterocycles. The number of ketones is 1. The number of carbonyl (C=O) groups is 1. The molecule has 1 aromatic carbocycles. The van der Waals surface area contributed by atoms with Crippen LogP contribution >= 0.6 is 11.6 Å². The predicted molar refractivity (Wildman–Crippen MR) is 52.5 cm³/mol. The lowest BCUT2D eigenvalue weighted by molar-refractivity contribution is 0.102. The molecule has 0 amide bonds. The van der Waals surface area contributed by atoms with E-state index < -0.39 is 0 Å². The first-order valence-electron chi connectivity index (χ1n) is 3.71. The Bertz CT molecular complexity index is 325. The van der Waals surface area contributed by atoms with Gasteiger partial charge in [0.15, 0.2) is 5.78 Å². The molecule has 0 radical (unpaired) electrons. The molecule has 0 fully saturated rings. The minimum atomic E-state index is -0.179. The average molecular weight is 200 g/mol. The zero-order chi connectivity index (χ0) is 9.84. The molecule has 13 heavy (non-hydrogen) atoms. The topological polar surface area (TPSA) is 52.3 Å². The fourth-order valence-corrected chi connectivity index (χ4v) is 1.14. The smallest absolute Gasteiger partial charge is 0.179 e. The highest BCUT2D eigenvalue weighted by Crippen LogP contribution is 2.20. The van der Waals surface area contributed by atoms with Gasteiger partial charge in [-0.25, -0.2) is 0 Å². The molecule has 0 aliphatic carbocycles. The number of hydrogen-bond donors (Lipinski definition) is 1. The molecule has 0 saturated heterocycles. The number of carbonyl (C=O) groups excluding carboxylic acids is 1. The van der Waals surface area contributed by atoms with Crippen LogP contribution in [0.2, 0.25) is 0 Å². The molecule has 70 valence electrons. The number of halogens is 1. The van der Waals surface area contributed by atoms with E-state index in [1.165, 1.54) is 7.11 Å². The Morgan fingerprint density at radius 3 is 2.77 bits per heavy atom. The summed E-state index contributed by atoms with van der Waals surface area (Å²) in [6.45, 7) is 0. The minimum Gasteiger partial charge on any atom is -0.497 e. The second kappa shape index (κ2) is 4.14. The van der Waals surface area contributed by atoms with Crippen molar-refractivity contribution in [3.63, 3.8) is 0 Å². The van der Waals surface area contributed by atoms with Crippen molar-refractivity contribution in [2.45, 2.75) is 0 Å². The summed E-state index contributed by atoms with van der Waals surface area (Å²) < 4.78 is 4.94. The number of rotatable bonds is 3. The Morgan fingerprint density at radius 2 is 2.31 bits per heavy atom. The molecule has 0 aliphatic rings. The highest BCUT2D eigenvalue weighted by Gasteiger charge is 2.08. The molecule has 0 unspecified atom stereocenters. The molecule has 0 heterocycles. The Kier molecular flexibility index (Phi) is 3.14. The Hall–Kier alpha value is -1.22. The maximum atomic E-state index is 11.2. The van der Waals surface area contributed by atoms with Crippen molar-refractivity contribution in [2.24, 2.45) is 0 Å². The Morgan fingerprint density at radius 1 is 1.62 bits per heavy atom. The van der Waals surface area contributed by atoms with Crippen molar-refractivity contribution >= 4 is 23.1 Å². The van der Waals surface area contributed by atoms with Crippen LogP contribution in [0.1, 0.15) is 10.4 Å². The zero-order valence-electron chi connectivity index (χ0n) is 7.21. The van der Waals surface area contributed by atoms with E-state index in [1.54, 1.807) is 18.2 Å². The lowest BCUT2D eigenvalue weighted by atomic mass is 10.1. The zero-order valence-corrected chi connectivity index (χ0v) is 7.97. The lowest BCUT2D eigenvalue weighted by Crippen LogP contribution is -2.04. The Labute approximate surface area is 81.4 Å². The van der Waals surface area contributed by atoms with Gasteiger partial charge in [0, 0.05) is 17.3 Å². The number of nitrogens with two attached hydrogens (primary N) is 1. The summed E-state index contributed by atoms with van der Waals surface area (Å²) in [5.41, 5.74) is 6.45. The van der Waals surface area contributed by atoms with Crippen LogP contribution in [0.3, 0.4) is 0 Å². The van der Waals surface area contributed by atoms with Gasteiger partial charge in [0.25, 0.3) is 0 Å². The first-order valence-corrected chi connectivity index (χ1v) is 4.25. The number of methoxy groups -OCH3 is 1. The number of alkyl halides is 1. The number of ether oxygens (including phenoxy) is 1. The second-order valence-corrected chi connectivity index (χ2v) is 2.78. The molecule has 2 N–H and O–H groups in total. The molecule has 0 saturated carbocycles. The summed E-state index contributed by atoms with van der Waals surface area (Å²) in [5.74, 6) is 0.390. The lowest BCUT2D eigenvalue weighted by Gasteiger charge is -2.04. The van der Waals surface area contributed by atoms with Gasteiger partial charge in [-0.2, -0.15) is 0 Å². The van der Waals surface area contributed by atoms with Gasteiger partial charge >= 0.3 is 0 Å². The largest absolute Gasteiger partial charge is 0.497 e. The van der Waals surface area contributed by atoms with Gasteiger partial charge in [-0.1, -0.05) is 0 Å². The Balaban J connectivity index is 3.05. The van der Waals surface area contributed by atoms with Gasteiger partial charge in [-0.15, -0.1) is 11.6 Å². The van der Waals surface area contributed by atoms with E-state index >= 15 is 0 Å². The maximum Gasteiger partial charge on any atom is 0.179 e. The SMILES string of the molecule is COc1ccc(C(=O)CCl)c(N)c1. The summed E-state index contributed by atoms with van der Waals surface area (Å²) >= 11 is 5.40. The molecular formula is C9H10ClNO2. The molecular weight excluding hydrogens is 190 g/mol. The van der Waals surface area contributed by atoms with Crippen molar-refractivity contribution in [1.29, 1.82) is 0 Å². The predicted octanol–water partition coefficient (Wildman–Crippen LogP) is 1.70. The summed E-state index contributed by atoms with van der Waals surface area (Å²) in [6, 6.07) is 4.88. The van der Waals surface area contributed by atoms with E-state index in [1.807, 2.05) is 0 Å². The van der Waals surface area contributed by atoms with E-state index in [9.17, 15) is 4.79 Å². The maximum absolute atomic E-state index is 11.2. The number of nitrogen functional groups attached to an aromatic ring is 1. The van der Waals surface area contributed by atoms with Crippen molar-refractivity contribution in [3.8, 4) is 5.75 Å². The minimum absolute atomic E-state index is 0.0590. The molecule has 0 aromatic heterocycles. The van der Waals surface area contributed by atoms with E-state index in [0.717, 1.165) is 0 Å². The second-order valence-electron chi connectivity index (χ2n) is 2.51. The van der Waals surface area contributed by atoms with Crippen LogP contribution in [-0.4, -0.2) is 18.8 Å². The quantitative estimate of drug-likeness (QED) is 0.458. The van der Waals surface area contributed by atoms with Crippen LogP contribution in [0.25, 0.3) is 0 Å². The normalized spacial score (nSPS) is 9.69. The van der Waals surface area contributed by atoms with Gasteiger partial charge in [0.1, 0.15) is 5.75 Å². The summed E-state index contributed by atoms with van der Waals surface area (Å²) in [7, 11) is 1.54. The van der Waals surface area contributed by atoms with Crippen LogP contribution in [0, 0.1) is 0 Å². The van der Waals surface area contributed by atoms with Crippen LogP contribution < -0.4 is 10.5 Å². The van der Waals surface area contributed by atoms with E-state index in [4.69, 9.17) is 22.1 Å². The van der Waals surface area contributed by atoms with Crippen LogP contribution in [0.4, 0.5) is 5.69 Å². The van der Waals surface area contributed by atoms with E-state index in [0.29, 0.717) is 17.0 Å². The highest BCUT2D eigenvalue weighted by molar-refractivity contribution is 6.31. The highest BCUT2D eigenvalue weighted by atomic mass is 35.5. The molecule has 1 rings (SSSR count). The molecule has 1 aromatic rings. The van der Waals surface area contributed by atoms with Gasteiger partial charge in [0.05, 0.1) is 13.0 Å². The summed E-state index contributed by atoms with van der Waals surface area (Å²) in [4.78, 5) is 11.2. The van der Waals surface area contributed by atoms with E-state index in [2.05, 4.69) is 0 Å². The van der Waals surface area contributed by atoms with Crippen LogP contribution in [0.5, 0.6) is 5.75 Å².